The van der Waals surface area contributed by atoms with Gasteiger partial charge < -0.3 is 29.4 Å². The second-order valence-corrected chi connectivity index (χ2v) is 7.77. The summed E-state index contributed by atoms with van der Waals surface area (Å²) in [6.45, 7) is -0.206. The lowest BCUT2D eigenvalue weighted by Crippen LogP contribution is -2.43. The van der Waals surface area contributed by atoms with E-state index in [1.54, 1.807) is 0 Å². The number of aliphatic hydroxyl groups excluding tert-OH is 1. The number of nitrogens with zero attached hydrogens (tertiary/aromatic N) is 1. The van der Waals surface area contributed by atoms with Crippen LogP contribution in [0.2, 0.25) is 0 Å². The van der Waals surface area contributed by atoms with Gasteiger partial charge in [-0.3, -0.25) is 4.79 Å². The Morgan fingerprint density at radius 1 is 1.19 bits per heavy atom. The highest BCUT2D eigenvalue weighted by atomic mass is 31.2. The Bertz CT molecular complexity index is 613. The molecule has 1 aromatic rings. The molecule has 9 heteroatoms. The topological polar surface area (TPSA) is 128 Å². The number of piperidine rings is 1. The first-order chi connectivity index (χ1) is 12.2. The summed E-state index contributed by atoms with van der Waals surface area (Å²) in [4.78, 5) is 36.3. The number of rotatable bonds is 4. The summed E-state index contributed by atoms with van der Waals surface area (Å²) in [6, 6.07) is 10.5. The molecule has 8 nitrogen and oxygen atoms in total. The van der Waals surface area contributed by atoms with Crippen molar-refractivity contribution in [2.24, 2.45) is 0 Å². The minimum Gasteiger partial charge on any atom is -0.462 e. The molecular formula is C17H26NO7P. The van der Waals surface area contributed by atoms with E-state index in [1.165, 1.54) is 12.8 Å². The molecule has 2 heterocycles. The molecule has 2 aliphatic rings. The van der Waals surface area contributed by atoms with Crippen LogP contribution in [0, 0.1) is 0 Å². The van der Waals surface area contributed by atoms with Crippen LogP contribution in [0.25, 0.3) is 0 Å². The molecule has 3 unspecified atom stereocenters. The Kier molecular flexibility index (Phi) is 7.34. The van der Waals surface area contributed by atoms with Crippen molar-refractivity contribution in [3.63, 3.8) is 0 Å². The van der Waals surface area contributed by atoms with Crippen LogP contribution in [0.15, 0.2) is 30.3 Å². The zero-order chi connectivity index (χ0) is 19.3. The molecule has 2 aliphatic heterocycles. The van der Waals surface area contributed by atoms with E-state index in [4.69, 9.17) is 24.0 Å². The molecule has 0 saturated carbocycles. The number of hydrogen-bond acceptors (Lipinski definition) is 5. The molecule has 146 valence electrons. The number of ether oxygens (including phenoxy) is 1. The first-order valence-corrected chi connectivity index (χ1v) is 10.1. The molecule has 2 bridgehead atoms. The number of aliphatic hydroxyl groups is 1. The third-order valence-corrected chi connectivity index (χ3v) is 5.01. The van der Waals surface area contributed by atoms with Gasteiger partial charge in [0.15, 0.2) is 0 Å². The van der Waals surface area contributed by atoms with Gasteiger partial charge in [-0.25, -0.2) is 4.57 Å². The fourth-order valence-corrected chi connectivity index (χ4v) is 3.71. The SMILES string of the molecule is CN1C2CCC1CC(OC(=O)C(CO)c1ccccc1)C2.O=P(O)(O)O. The van der Waals surface area contributed by atoms with Gasteiger partial charge in [0.05, 0.1) is 6.61 Å². The molecule has 0 aromatic heterocycles. The average Bonchev–Trinajstić information content (AvgIpc) is 2.77. The molecule has 4 N–H and O–H groups in total. The molecule has 3 rings (SSSR count). The maximum Gasteiger partial charge on any atom is 0.466 e. The third kappa shape index (κ3) is 6.16. The molecule has 0 spiro atoms. The molecule has 26 heavy (non-hydrogen) atoms. The van der Waals surface area contributed by atoms with E-state index in [-0.39, 0.29) is 18.7 Å². The highest BCUT2D eigenvalue weighted by molar-refractivity contribution is 7.45. The Morgan fingerprint density at radius 3 is 2.15 bits per heavy atom. The predicted octanol–water partition coefficient (Wildman–Crippen LogP) is 1.00. The summed E-state index contributed by atoms with van der Waals surface area (Å²) in [5.74, 6) is -0.860. The Balaban J connectivity index is 0.000000431. The van der Waals surface area contributed by atoms with Crippen molar-refractivity contribution in [3.05, 3.63) is 35.9 Å². The standard InChI is InChI=1S/C17H23NO3.H3O4P/c1-18-13-7-8-14(18)10-15(9-13)21-17(20)16(11-19)12-5-3-2-4-6-12;1-5(2,3)4/h2-6,13-16,19H,7-11H2,1H3;(H3,1,2,3,4). The van der Waals surface area contributed by atoms with E-state index in [0.717, 1.165) is 18.4 Å². The average molecular weight is 387 g/mol. The fourth-order valence-electron chi connectivity index (χ4n) is 3.71. The lowest BCUT2D eigenvalue weighted by atomic mass is 9.98. The van der Waals surface area contributed by atoms with Gasteiger partial charge in [-0.05, 0) is 38.3 Å². The van der Waals surface area contributed by atoms with Gasteiger partial charge in [0.2, 0.25) is 0 Å². The van der Waals surface area contributed by atoms with Gasteiger partial charge in [0.1, 0.15) is 12.0 Å². The first-order valence-electron chi connectivity index (χ1n) is 8.55. The van der Waals surface area contributed by atoms with Crippen molar-refractivity contribution in [1.29, 1.82) is 0 Å². The largest absolute Gasteiger partial charge is 0.466 e. The van der Waals surface area contributed by atoms with E-state index < -0.39 is 13.7 Å². The van der Waals surface area contributed by atoms with Crippen molar-refractivity contribution < 1.29 is 33.9 Å². The Hall–Kier alpha value is -1.28. The molecular weight excluding hydrogens is 361 g/mol. The van der Waals surface area contributed by atoms with Gasteiger partial charge >= 0.3 is 13.8 Å². The quantitative estimate of drug-likeness (QED) is 0.445. The summed E-state index contributed by atoms with van der Waals surface area (Å²) >= 11 is 0. The number of phosphoric acid groups is 1. The summed E-state index contributed by atoms with van der Waals surface area (Å²) in [5.41, 5.74) is 0.820. The van der Waals surface area contributed by atoms with Crippen LogP contribution >= 0.6 is 7.82 Å². The number of benzene rings is 1. The van der Waals surface area contributed by atoms with E-state index in [9.17, 15) is 9.90 Å². The van der Waals surface area contributed by atoms with Crippen molar-refractivity contribution in [1.82, 2.24) is 4.90 Å². The number of fused-ring (bicyclic) bond motifs is 2. The van der Waals surface area contributed by atoms with Gasteiger partial charge in [0.25, 0.3) is 0 Å². The number of esters is 1. The lowest BCUT2D eigenvalue weighted by molar-refractivity contribution is -0.155. The van der Waals surface area contributed by atoms with Gasteiger partial charge in [-0.1, -0.05) is 30.3 Å². The smallest absolute Gasteiger partial charge is 0.462 e. The maximum atomic E-state index is 12.4. The molecule has 2 fully saturated rings. The fraction of sp³-hybridized carbons (Fsp3) is 0.588. The summed E-state index contributed by atoms with van der Waals surface area (Å²) < 4.78 is 14.6. The van der Waals surface area contributed by atoms with Crippen LogP contribution in [-0.4, -0.2) is 62.5 Å². The second-order valence-electron chi connectivity index (χ2n) is 6.74. The lowest BCUT2D eigenvalue weighted by Gasteiger charge is -2.36. The third-order valence-electron chi connectivity index (χ3n) is 5.01. The maximum absolute atomic E-state index is 12.4. The highest BCUT2D eigenvalue weighted by Crippen LogP contribution is 2.36. The van der Waals surface area contributed by atoms with Crippen molar-refractivity contribution in [2.45, 2.75) is 49.8 Å². The zero-order valence-electron chi connectivity index (χ0n) is 14.6. The van der Waals surface area contributed by atoms with Crippen molar-refractivity contribution in [2.75, 3.05) is 13.7 Å². The van der Waals surface area contributed by atoms with Crippen molar-refractivity contribution >= 4 is 13.8 Å². The minimum atomic E-state index is -4.64. The van der Waals surface area contributed by atoms with E-state index in [1.807, 2.05) is 30.3 Å². The second kappa shape index (κ2) is 9.08. The van der Waals surface area contributed by atoms with Gasteiger partial charge in [-0.15, -0.1) is 0 Å². The van der Waals surface area contributed by atoms with Crippen LogP contribution in [-0.2, 0) is 14.1 Å². The summed E-state index contributed by atoms with van der Waals surface area (Å²) in [6.07, 6.45) is 4.26. The summed E-state index contributed by atoms with van der Waals surface area (Å²) in [5, 5.41) is 9.53. The number of carbonyl (C=O) groups is 1. The van der Waals surface area contributed by atoms with Crippen molar-refractivity contribution in [3.8, 4) is 0 Å². The Morgan fingerprint density at radius 2 is 1.69 bits per heavy atom. The van der Waals surface area contributed by atoms with Crippen LogP contribution in [0.5, 0.6) is 0 Å². The monoisotopic (exact) mass is 387 g/mol. The first kappa shape index (κ1) is 21.0. The van der Waals surface area contributed by atoms with Gasteiger partial charge in [-0.2, -0.15) is 0 Å². The van der Waals surface area contributed by atoms with Gasteiger partial charge in [0, 0.05) is 12.1 Å². The summed E-state index contributed by atoms with van der Waals surface area (Å²) in [7, 11) is -2.47. The van der Waals surface area contributed by atoms with Crippen LogP contribution < -0.4 is 0 Å². The predicted molar refractivity (Wildman–Crippen MR) is 94.2 cm³/mol. The van der Waals surface area contributed by atoms with E-state index in [2.05, 4.69) is 11.9 Å². The number of hydrogen-bond donors (Lipinski definition) is 4. The van der Waals surface area contributed by atoms with E-state index in [0.29, 0.717) is 12.1 Å². The normalized spacial score (nSPS) is 26.6. The zero-order valence-corrected chi connectivity index (χ0v) is 15.5. The molecule has 1 aromatic carbocycles. The molecule has 3 atom stereocenters. The van der Waals surface area contributed by atoms with Crippen LogP contribution in [0.1, 0.15) is 37.2 Å². The van der Waals surface area contributed by atoms with E-state index >= 15 is 0 Å². The highest BCUT2D eigenvalue weighted by Gasteiger charge is 2.40. The molecule has 2 saturated heterocycles. The van der Waals surface area contributed by atoms with Crippen LogP contribution in [0.3, 0.4) is 0 Å². The van der Waals surface area contributed by atoms with Crippen LogP contribution in [0.4, 0.5) is 0 Å². The minimum absolute atomic E-state index is 0.00367. The number of carbonyl (C=O) groups excluding carboxylic acids is 1. The molecule has 0 aliphatic carbocycles. The molecule has 0 amide bonds. The molecule has 0 radical (unpaired) electrons. The Labute approximate surface area is 152 Å².